The van der Waals surface area contributed by atoms with E-state index in [1.54, 1.807) is 0 Å². The van der Waals surface area contributed by atoms with Crippen molar-refractivity contribution in [2.75, 3.05) is 5.32 Å². The first kappa shape index (κ1) is 16.1. The second-order valence-corrected chi connectivity index (χ2v) is 6.90. The number of hydrogen-bond donors (Lipinski definition) is 1. The molecule has 0 heterocycles. The topological polar surface area (TPSA) is 12.0 Å². The van der Waals surface area contributed by atoms with Gasteiger partial charge in [0.05, 0.1) is 0 Å². The summed E-state index contributed by atoms with van der Waals surface area (Å²) in [5, 5.41) is 3.67. The summed E-state index contributed by atoms with van der Waals surface area (Å²) in [6.45, 7) is 8.73. The van der Waals surface area contributed by atoms with E-state index in [1.807, 2.05) is 0 Å². The van der Waals surface area contributed by atoms with E-state index < -0.39 is 0 Å². The fraction of sp³-hybridized carbons (Fsp3) is 0.368. The van der Waals surface area contributed by atoms with Crippen molar-refractivity contribution in [3.63, 3.8) is 0 Å². The standard InChI is InChI=1S/C19H24BrN/c1-13-6-5-7-17(10-13)9-8-16(4)21-19-14(2)11-18(20)12-15(19)3/h5-7,10-12,16,21H,8-9H2,1-4H3. The Hall–Kier alpha value is -1.28. The van der Waals surface area contributed by atoms with Crippen LogP contribution in [0.25, 0.3) is 0 Å². The van der Waals surface area contributed by atoms with E-state index in [-0.39, 0.29) is 0 Å². The molecule has 0 aliphatic carbocycles. The van der Waals surface area contributed by atoms with Gasteiger partial charge in [-0.3, -0.25) is 0 Å². The molecule has 0 aliphatic rings. The number of benzene rings is 2. The Kier molecular flexibility index (Phi) is 5.46. The molecular formula is C19H24BrN. The van der Waals surface area contributed by atoms with E-state index >= 15 is 0 Å². The molecule has 0 fully saturated rings. The van der Waals surface area contributed by atoms with E-state index in [4.69, 9.17) is 0 Å². The van der Waals surface area contributed by atoms with Gasteiger partial charge in [-0.1, -0.05) is 45.8 Å². The van der Waals surface area contributed by atoms with Gasteiger partial charge in [-0.05, 0) is 69.4 Å². The van der Waals surface area contributed by atoms with Crippen molar-refractivity contribution in [3.05, 3.63) is 63.1 Å². The number of anilines is 1. The van der Waals surface area contributed by atoms with Gasteiger partial charge in [0.2, 0.25) is 0 Å². The average molecular weight is 346 g/mol. The molecule has 2 rings (SSSR count). The normalized spacial score (nSPS) is 12.2. The third-order valence-corrected chi connectivity index (χ3v) is 4.29. The molecule has 0 amide bonds. The average Bonchev–Trinajstić information content (AvgIpc) is 2.40. The quantitative estimate of drug-likeness (QED) is 0.721. The maximum absolute atomic E-state index is 3.67. The largest absolute Gasteiger partial charge is 0.382 e. The van der Waals surface area contributed by atoms with Gasteiger partial charge in [0.1, 0.15) is 0 Å². The molecule has 1 unspecified atom stereocenters. The van der Waals surface area contributed by atoms with E-state index in [0.717, 1.165) is 17.3 Å². The molecule has 112 valence electrons. The zero-order valence-corrected chi connectivity index (χ0v) is 14.9. The molecule has 0 spiro atoms. The van der Waals surface area contributed by atoms with Crippen LogP contribution in [0, 0.1) is 20.8 Å². The number of aryl methyl sites for hydroxylation is 4. The van der Waals surface area contributed by atoms with Crippen molar-refractivity contribution in [1.29, 1.82) is 0 Å². The number of nitrogens with one attached hydrogen (secondary N) is 1. The van der Waals surface area contributed by atoms with Gasteiger partial charge in [0.25, 0.3) is 0 Å². The zero-order chi connectivity index (χ0) is 15.4. The highest BCUT2D eigenvalue weighted by Gasteiger charge is 2.08. The van der Waals surface area contributed by atoms with Crippen molar-refractivity contribution in [1.82, 2.24) is 0 Å². The molecule has 0 aromatic heterocycles. The minimum atomic E-state index is 0.462. The van der Waals surface area contributed by atoms with E-state index in [9.17, 15) is 0 Å². The van der Waals surface area contributed by atoms with Crippen LogP contribution in [-0.2, 0) is 6.42 Å². The lowest BCUT2D eigenvalue weighted by Gasteiger charge is -2.19. The monoisotopic (exact) mass is 345 g/mol. The molecule has 1 atom stereocenters. The SMILES string of the molecule is Cc1cccc(CCC(C)Nc2c(C)cc(Br)cc2C)c1. The Morgan fingerprint density at radius 1 is 1.05 bits per heavy atom. The molecule has 2 aromatic carbocycles. The van der Waals surface area contributed by atoms with Crippen LogP contribution in [0.5, 0.6) is 0 Å². The highest BCUT2D eigenvalue weighted by molar-refractivity contribution is 9.10. The molecule has 0 aliphatic heterocycles. The first-order valence-electron chi connectivity index (χ1n) is 7.54. The van der Waals surface area contributed by atoms with Crippen LogP contribution in [0.2, 0.25) is 0 Å². The van der Waals surface area contributed by atoms with Gasteiger partial charge < -0.3 is 5.32 Å². The summed E-state index contributed by atoms with van der Waals surface area (Å²) in [5.74, 6) is 0. The molecule has 21 heavy (non-hydrogen) atoms. The molecule has 1 N–H and O–H groups in total. The van der Waals surface area contributed by atoms with Crippen LogP contribution < -0.4 is 5.32 Å². The Morgan fingerprint density at radius 2 is 1.71 bits per heavy atom. The van der Waals surface area contributed by atoms with Crippen molar-refractivity contribution in [2.24, 2.45) is 0 Å². The van der Waals surface area contributed by atoms with Crippen LogP contribution in [0.15, 0.2) is 40.9 Å². The van der Waals surface area contributed by atoms with Gasteiger partial charge in [0, 0.05) is 16.2 Å². The predicted octanol–water partition coefficient (Wildman–Crippen LogP) is 5.81. The number of rotatable bonds is 5. The Labute approximate surface area is 136 Å². The first-order valence-corrected chi connectivity index (χ1v) is 8.34. The van der Waals surface area contributed by atoms with Gasteiger partial charge in [0.15, 0.2) is 0 Å². The Morgan fingerprint density at radius 3 is 2.33 bits per heavy atom. The second-order valence-electron chi connectivity index (χ2n) is 5.99. The third kappa shape index (κ3) is 4.60. The summed E-state index contributed by atoms with van der Waals surface area (Å²) in [6.07, 6.45) is 2.25. The van der Waals surface area contributed by atoms with Gasteiger partial charge in [-0.25, -0.2) is 0 Å². The van der Waals surface area contributed by atoms with Crippen molar-refractivity contribution >= 4 is 21.6 Å². The fourth-order valence-corrected chi connectivity index (χ4v) is 3.39. The minimum absolute atomic E-state index is 0.462. The Balaban J connectivity index is 1.97. The zero-order valence-electron chi connectivity index (χ0n) is 13.3. The molecule has 0 radical (unpaired) electrons. The molecule has 0 saturated heterocycles. The summed E-state index contributed by atoms with van der Waals surface area (Å²) in [4.78, 5) is 0. The molecule has 1 nitrogen and oxygen atoms in total. The van der Waals surface area contributed by atoms with Crippen molar-refractivity contribution in [3.8, 4) is 0 Å². The summed E-state index contributed by atoms with van der Waals surface area (Å²) in [6, 6.07) is 13.6. The van der Waals surface area contributed by atoms with E-state index in [1.165, 1.54) is 27.9 Å². The number of halogens is 1. The smallest absolute Gasteiger partial charge is 0.0402 e. The molecule has 2 aromatic rings. The molecule has 0 bridgehead atoms. The van der Waals surface area contributed by atoms with Crippen LogP contribution >= 0.6 is 15.9 Å². The fourth-order valence-electron chi connectivity index (χ4n) is 2.71. The third-order valence-electron chi connectivity index (χ3n) is 3.84. The molecule has 2 heteroatoms. The van der Waals surface area contributed by atoms with E-state index in [2.05, 4.69) is 85.3 Å². The number of hydrogen-bond acceptors (Lipinski definition) is 1. The lowest BCUT2D eigenvalue weighted by molar-refractivity contribution is 0.704. The second kappa shape index (κ2) is 7.13. The van der Waals surface area contributed by atoms with Gasteiger partial charge >= 0.3 is 0 Å². The summed E-state index contributed by atoms with van der Waals surface area (Å²) < 4.78 is 1.15. The van der Waals surface area contributed by atoms with Gasteiger partial charge in [-0.15, -0.1) is 0 Å². The van der Waals surface area contributed by atoms with Crippen molar-refractivity contribution in [2.45, 2.75) is 46.6 Å². The lowest BCUT2D eigenvalue weighted by Crippen LogP contribution is -2.17. The Bertz CT molecular complexity index is 596. The van der Waals surface area contributed by atoms with Crippen molar-refractivity contribution < 1.29 is 0 Å². The highest BCUT2D eigenvalue weighted by Crippen LogP contribution is 2.26. The lowest BCUT2D eigenvalue weighted by atomic mass is 10.0. The maximum Gasteiger partial charge on any atom is 0.0402 e. The van der Waals surface area contributed by atoms with Gasteiger partial charge in [-0.2, -0.15) is 0 Å². The summed E-state index contributed by atoms with van der Waals surface area (Å²) >= 11 is 3.55. The summed E-state index contributed by atoms with van der Waals surface area (Å²) in [7, 11) is 0. The van der Waals surface area contributed by atoms with Crippen LogP contribution in [0.4, 0.5) is 5.69 Å². The summed E-state index contributed by atoms with van der Waals surface area (Å²) in [5.41, 5.74) is 6.63. The van der Waals surface area contributed by atoms with E-state index in [0.29, 0.717) is 6.04 Å². The predicted molar refractivity (Wildman–Crippen MR) is 96.2 cm³/mol. The first-order chi connectivity index (χ1) is 9.95. The highest BCUT2D eigenvalue weighted by atomic mass is 79.9. The van der Waals surface area contributed by atoms with Crippen LogP contribution in [-0.4, -0.2) is 6.04 Å². The maximum atomic E-state index is 3.67. The molecule has 0 saturated carbocycles. The van der Waals surface area contributed by atoms with Crippen LogP contribution in [0.1, 0.15) is 35.6 Å². The minimum Gasteiger partial charge on any atom is -0.382 e. The van der Waals surface area contributed by atoms with Crippen LogP contribution in [0.3, 0.4) is 0 Å². The molecular weight excluding hydrogens is 322 g/mol.